The second kappa shape index (κ2) is 9.73. The molecule has 0 amide bonds. The van der Waals surface area contributed by atoms with Gasteiger partial charge in [-0.2, -0.15) is 8.62 Å². The summed E-state index contributed by atoms with van der Waals surface area (Å²) in [4.78, 5) is 59.2. The van der Waals surface area contributed by atoms with Crippen LogP contribution in [0.4, 0.5) is 0 Å². The SMILES string of the molecule is C[C@@H](OP(=O)(O)OP(=O)(O)OP(=O)(O)O)C1O[C@@H](n2ccc(=O)[nH]c2=O)[C@@](Cl)(C#CN)C1O. The lowest BCUT2D eigenvalue weighted by molar-refractivity contribution is -0.0749. The Hall–Kier alpha value is -1.34. The van der Waals surface area contributed by atoms with Crippen molar-refractivity contribution < 1.29 is 56.3 Å². The van der Waals surface area contributed by atoms with Gasteiger partial charge in [-0.1, -0.05) is 11.6 Å². The highest BCUT2D eigenvalue weighted by Crippen LogP contribution is 2.66. The zero-order valence-corrected chi connectivity index (χ0v) is 19.6. The van der Waals surface area contributed by atoms with Crippen molar-refractivity contribution >= 4 is 35.1 Å². The molecule has 1 aromatic rings. The molecule has 21 heteroatoms. The minimum absolute atomic E-state index is 0.736. The average Bonchev–Trinajstić information content (AvgIpc) is 2.83. The van der Waals surface area contributed by atoms with Crippen LogP contribution in [-0.2, 0) is 31.6 Å². The molecular formula is C12H17ClN3O14P3. The number of rotatable bonds is 8. The van der Waals surface area contributed by atoms with Crippen LogP contribution in [-0.4, -0.2) is 57.4 Å². The van der Waals surface area contributed by atoms with E-state index in [1.54, 1.807) is 0 Å². The van der Waals surface area contributed by atoms with E-state index in [0.717, 1.165) is 23.8 Å². The van der Waals surface area contributed by atoms with E-state index in [9.17, 15) is 38.2 Å². The zero-order valence-electron chi connectivity index (χ0n) is 16.1. The fourth-order valence-corrected chi connectivity index (χ4v) is 6.31. The highest BCUT2D eigenvalue weighted by molar-refractivity contribution is 7.66. The Morgan fingerprint density at radius 3 is 2.36 bits per heavy atom. The lowest BCUT2D eigenvalue weighted by atomic mass is 9.97. The Morgan fingerprint density at radius 1 is 1.24 bits per heavy atom. The summed E-state index contributed by atoms with van der Waals surface area (Å²) in [6.45, 7) is 1.01. The summed E-state index contributed by atoms with van der Waals surface area (Å²) in [5.74, 6) is 2.23. The molecule has 1 saturated heterocycles. The second-order valence-corrected chi connectivity index (χ2v) is 11.4. The van der Waals surface area contributed by atoms with E-state index in [0.29, 0.717) is 0 Å². The molecule has 0 aromatic carbocycles. The summed E-state index contributed by atoms with van der Waals surface area (Å²) in [5, 5.41) is 10.6. The van der Waals surface area contributed by atoms with Crippen molar-refractivity contribution in [2.75, 3.05) is 0 Å². The second-order valence-electron chi connectivity index (χ2n) is 6.35. The number of alkyl halides is 1. The first kappa shape index (κ1) is 27.9. The predicted molar refractivity (Wildman–Crippen MR) is 106 cm³/mol. The van der Waals surface area contributed by atoms with Crippen LogP contribution in [0.5, 0.6) is 0 Å². The third kappa shape index (κ3) is 6.84. The van der Waals surface area contributed by atoms with Gasteiger partial charge in [-0.25, -0.2) is 18.5 Å². The summed E-state index contributed by atoms with van der Waals surface area (Å²) in [5.41, 5.74) is 3.38. The largest absolute Gasteiger partial charge is 0.490 e. The van der Waals surface area contributed by atoms with Crippen LogP contribution in [0.25, 0.3) is 0 Å². The molecule has 0 saturated carbocycles. The fourth-order valence-electron chi connectivity index (χ4n) is 2.77. The Kier molecular flexibility index (Phi) is 8.22. The zero-order chi connectivity index (χ0) is 25.4. The molecule has 1 aromatic heterocycles. The number of hydrogen-bond donors (Lipinski definition) is 7. The van der Waals surface area contributed by atoms with Crippen molar-refractivity contribution in [3.63, 3.8) is 0 Å². The minimum Gasteiger partial charge on any atom is -0.387 e. The number of hydrogen-bond acceptors (Lipinski definition) is 11. The normalized spacial score (nSPS) is 30.0. The molecule has 7 atom stereocenters. The van der Waals surface area contributed by atoms with Crippen LogP contribution in [0, 0.1) is 12.0 Å². The van der Waals surface area contributed by atoms with Crippen molar-refractivity contribution in [1.29, 1.82) is 0 Å². The van der Waals surface area contributed by atoms with Crippen LogP contribution >= 0.6 is 35.1 Å². The molecule has 17 nitrogen and oxygen atoms in total. The monoisotopic (exact) mass is 555 g/mol. The Labute approximate surface area is 188 Å². The van der Waals surface area contributed by atoms with Crippen LogP contribution in [0.15, 0.2) is 21.9 Å². The van der Waals surface area contributed by atoms with Crippen molar-refractivity contribution in [3.8, 4) is 12.0 Å². The van der Waals surface area contributed by atoms with Gasteiger partial charge in [0.15, 0.2) is 11.1 Å². The molecule has 186 valence electrons. The number of ether oxygens (including phenoxy) is 1. The Balaban J connectivity index is 2.32. The quantitative estimate of drug-likeness (QED) is 0.0825. The van der Waals surface area contributed by atoms with Gasteiger partial charge in [0, 0.05) is 18.3 Å². The van der Waals surface area contributed by atoms with Gasteiger partial charge in [0.2, 0.25) is 0 Å². The molecule has 0 bridgehead atoms. The number of phosphoric acid groups is 3. The number of phosphoric ester groups is 1. The molecule has 1 fully saturated rings. The number of aliphatic hydroxyl groups is 1. The van der Waals surface area contributed by atoms with Gasteiger partial charge >= 0.3 is 29.2 Å². The first-order valence-corrected chi connectivity index (χ1v) is 13.2. The van der Waals surface area contributed by atoms with Crippen molar-refractivity contribution in [1.82, 2.24) is 9.55 Å². The minimum atomic E-state index is -5.79. The lowest BCUT2D eigenvalue weighted by Crippen LogP contribution is -2.45. The number of aromatic nitrogens is 2. The number of aliphatic hydroxyl groups excluding tert-OH is 1. The number of nitrogens with one attached hydrogen (secondary N) is 1. The number of halogens is 1. The van der Waals surface area contributed by atoms with E-state index in [2.05, 4.69) is 19.1 Å². The standard InChI is InChI=1S/C12H17ClN3O14P3/c1-6(28-32(23,24)30-33(25,26)29-31(20,21)22)8-9(18)12(13,3-4-14)10(27-8)16-5-2-7(17)15-11(16)19/h2,5-6,8-10,18H,14H2,1H3,(H,23,24)(H,25,26)(H,15,17,19)(H2,20,21,22)/t6-,8?,9?,10-,12-/m1/s1. The van der Waals surface area contributed by atoms with Crippen molar-refractivity contribution in [2.45, 2.75) is 36.3 Å². The summed E-state index contributed by atoms with van der Waals surface area (Å²) < 4.78 is 52.2. The van der Waals surface area contributed by atoms with E-state index in [-0.39, 0.29) is 0 Å². The van der Waals surface area contributed by atoms with E-state index in [1.807, 2.05) is 11.0 Å². The van der Waals surface area contributed by atoms with Gasteiger partial charge in [0.1, 0.15) is 12.2 Å². The first-order chi connectivity index (χ1) is 14.9. The molecule has 2 heterocycles. The number of nitrogens with zero attached hydrogens (tertiary/aromatic N) is 1. The fraction of sp³-hybridized carbons (Fsp3) is 0.500. The first-order valence-electron chi connectivity index (χ1n) is 8.30. The Bertz CT molecular complexity index is 1220. The number of aromatic amines is 1. The lowest BCUT2D eigenvalue weighted by Gasteiger charge is -2.26. The van der Waals surface area contributed by atoms with Crippen LogP contribution in [0.2, 0.25) is 0 Å². The third-order valence-electron chi connectivity index (χ3n) is 3.93. The molecule has 1 aliphatic heterocycles. The summed E-state index contributed by atoms with van der Waals surface area (Å²) in [7, 11) is -17.0. The van der Waals surface area contributed by atoms with Crippen molar-refractivity contribution in [2.24, 2.45) is 5.73 Å². The van der Waals surface area contributed by atoms with Crippen LogP contribution in [0.1, 0.15) is 13.2 Å². The predicted octanol–water partition coefficient (Wildman–Crippen LogP) is -1.58. The molecule has 33 heavy (non-hydrogen) atoms. The maximum Gasteiger partial charge on any atom is 0.490 e. The molecule has 0 spiro atoms. The summed E-state index contributed by atoms with van der Waals surface area (Å²) in [6.07, 6.45) is -5.93. The number of nitrogens with two attached hydrogens (primary N) is 1. The summed E-state index contributed by atoms with van der Waals surface area (Å²) >= 11 is 6.33. The maximum atomic E-state index is 12.1. The molecule has 1 aliphatic rings. The van der Waals surface area contributed by atoms with Gasteiger partial charge in [0.05, 0.1) is 6.10 Å². The molecule has 0 aliphatic carbocycles. The molecule has 0 radical (unpaired) electrons. The van der Waals surface area contributed by atoms with Crippen LogP contribution in [0.3, 0.4) is 0 Å². The molecule has 4 unspecified atom stereocenters. The summed E-state index contributed by atoms with van der Waals surface area (Å²) in [6, 6.07) is 2.86. The van der Waals surface area contributed by atoms with E-state index in [4.69, 9.17) is 31.9 Å². The molecule has 8 N–H and O–H groups in total. The van der Waals surface area contributed by atoms with Crippen molar-refractivity contribution in [3.05, 3.63) is 33.1 Å². The van der Waals surface area contributed by atoms with E-state index in [1.165, 1.54) is 0 Å². The molecule has 2 rings (SSSR count). The van der Waals surface area contributed by atoms with Crippen LogP contribution < -0.4 is 17.0 Å². The van der Waals surface area contributed by atoms with Gasteiger partial charge in [0.25, 0.3) is 5.56 Å². The third-order valence-corrected chi connectivity index (χ3v) is 8.36. The van der Waals surface area contributed by atoms with Gasteiger partial charge in [-0.05, 0) is 12.8 Å². The van der Waals surface area contributed by atoms with Gasteiger partial charge < -0.3 is 35.2 Å². The smallest absolute Gasteiger partial charge is 0.387 e. The molecular weight excluding hydrogens is 539 g/mol. The maximum absolute atomic E-state index is 12.1. The van der Waals surface area contributed by atoms with E-state index >= 15 is 0 Å². The average molecular weight is 556 g/mol. The highest BCUT2D eigenvalue weighted by Gasteiger charge is 2.58. The Morgan fingerprint density at radius 2 is 1.85 bits per heavy atom. The van der Waals surface area contributed by atoms with Gasteiger partial charge in [-0.15, -0.1) is 0 Å². The topological polar surface area (TPSA) is 270 Å². The van der Waals surface area contributed by atoms with Gasteiger partial charge in [-0.3, -0.25) is 18.9 Å². The number of H-pyrrole nitrogens is 1. The van der Waals surface area contributed by atoms with E-state index < -0.39 is 64.1 Å². The highest BCUT2D eigenvalue weighted by atomic mass is 35.5.